The number of thiophene rings is 1. The summed E-state index contributed by atoms with van der Waals surface area (Å²) >= 11 is 1.77. The van der Waals surface area contributed by atoms with Crippen LogP contribution >= 0.6 is 23.1 Å². The standard InChI is InChI=1S/C10H8N4O5S2/c1-4(15)6-3-5(14(18)19)9(20-6)21-10-11-7(16)8(17)12-13(10)2/h3H,1-2H3,(H,12,17). The Balaban J connectivity index is 2.51. The zero-order valence-corrected chi connectivity index (χ0v) is 12.4. The molecule has 11 heteroatoms. The first-order valence-electron chi connectivity index (χ1n) is 5.44. The Morgan fingerprint density at radius 1 is 1.52 bits per heavy atom. The third-order valence-corrected chi connectivity index (χ3v) is 4.82. The van der Waals surface area contributed by atoms with Gasteiger partial charge >= 0.3 is 11.1 Å². The summed E-state index contributed by atoms with van der Waals surface area (Å²) in [6.07, 6.45) is 0. The molecule has 0 saturated carbocycles. The molecule has 9 nitrogen and oxygen atoms in total. The second-order valence-electron chi connectivity index (χ2n) is 3.90. The van der Waals surface area contributed by atoms with Crippen molar-refractivity contribution in [1.29, 1.82) is 0 Å². The second-order valence-corrected chi connectivity index (χ2v) is 6.19. The number of aromatic amines is 1. The molecular weight excluding hydrogens is 320 g/mol. The number of rotatable bonds is 4. The molecule has 0 aliphatic carbocycles. The van der Waals surface area contributed by atoms with Crippen LogP contribution in [0.4, 0.5) is 5.69 Å². The molecule has 0 aliphatic heterocycles. The molecule has 1 N–H and O–H groups in total. The Kier molecular flexibility index (Phi) is 4.04. The van der Waals surface area contributed by atoms with Crippen LogP contribution in [-0.2, 0) is 7.05 Å². The lowest BCUT2D eigenvalue weighted by atomic mass is 10.3. The Morgan fingerprint density at radius 3 is 2.76 bits per heavy atom. The number of nitrogens with zero attached hydrogens (tertiary/aromatic N) is 3. The number of H-pyrrole nitrogens is 1. The Bertz CT molecular complexity index is 850. The van der Waals surface area contributed by atoms with E-state index in [0.717, 1.165) is 23.1 Å². The van der Waals surface area contributed by atoms with Crippen molar-refractivity contribution in [2.24, 2.45) is 7.05 Å². The number of carbonyl (C=O) groups excluding carboxylic acids is 1. The zero-order valence-electron chi connectivity index (χ0n) is 10.8. The van der Waals surface area contributed by atoms with Crippen LogP contribution in [0, 0.1) is 10.1 Å². The van der Waals surface area contributed by atoms with Gasteiger partial charge in [-0.25, -0.2) is 0 Å². The van der Waals surface area contributed by atoms with Gasteiger partial charge in [0.15, 0.2) is 10.9 Å². The number of aromatic nitrogens is 3. The number of hydrogen-bond acceptors (Lipinski definition) is 8. The maximum atomic E-state index is 11.3. The Hall–Kier alpha value is -2.27. The highest BCUT2D eigenvalue weighted by Crippen LogP contribution is 2.40. The largest absolute Gasteiger partial charge is 0.339 e. The fraction of sp³-hybridized carbons (Fsp3) is 0.200. The van der Waals surface area contributed by atoms with E-state index in [1.165, 1.54) is 24.7 Å². The minimum absolute atomic E-state index is 0.0830. The van der Waals surface area contributed by atoms with Gasteiger partial charge in [0.25, 0.3) is 5.69 Å². The highest BCUT2D eigenvalue weighted by Gasteiger charge is 2.23. The molecular formula is C10H8N4O5S2. The van der Waals surface area contributed by atoms with Crippen LogP contribution in [0.2, 0.25) is 0 Å². The molecule has 0 radical (unpaired) electrons. The minimum atomic E-state index is -0.985. The normalized spacial score (nSPS) is 10.6. The molecule has 110 valence electrons. The summed E-state index contributed by atoms with van der Waals surface area (Å²) in [5.41, 5.74) is -2.11. The van der Waals surface area contributed by atoms with E-state index in [-0.39, 0.29) is 25.7 Å². The molecule has 0 aliphatic rings. The first-order chi connectivity index (χ1) is 9.79. The summed E-state index contributed by atoms with van der Waals surface area (Å²) in [7, 11) is 1.45. The van der Waals surface area contributed by atoms with Gasteiger partial charge in [-0.15, -0.1) is 11.3 Å². The van der Waals surface area contributed by atoms with Gasteiger partial charge in [0, 0.05) is 13.1 Å². The summed E-state index contributed by atoms with van der Waals surface area (Å²) in [6, 6.07) is 1.18. The summed E-state index contributed by atoms with van der Waals surface area (Å²) < 4.78 is 1.39. The third-order valence-electron chi connectivity index (χ3n) is 2.35. The van der Waals surface area contributed by atoms with Crippen molar-refractivity contribution in [3.8, 4) is 0 Å². The first-order valence-corrected chi connectivity index (χ1v) is 7.07. The van der Waals surface area contributed by atoms with Gasteiger partial charge < -0.3 is 0 Å². The van der Waals surface area contributed by atoms with Gasteiger partial charge in [0.05, 0.1) is 9.80 Å². The fourth-order valence-electron chi connectivity index (χ4n) is 1.37. The summed E-state index contributed by atoms with van der Waals surface area (Å²) in [5.74, 6) is -0.293. The number of carbonyl (C=O) groups is 1. The molecule has 21 heavy (non-hydrogen) atoms. The minimum Gasteiger partial charge on any atom is -0.294 e. The monoisotopic (exact) mass is 328 g/mol. The second kappa shape index (κ2) is 5.61. The Labute approximate surface area is 124 Å². The lowest BCUT2D eigenvalue weighted by Gasteiger charge is -2.03. The quantitative estimate of drug-likeness (QED) is 0.380. The van der Waals surface area contributed by atoms with Crippen molar-refractivity contribution in [3.63, 3.8) is 0 Å². The number of nitro groups is 1. The van der Waals surface area contributed by atoms with Crippen molar-refractivity contribution >= 4 is 34.6 Å². The molecule has 0 fully saturated rings. The van der Waals surface area contributed by atoms with Crippen LogP contribution < -0.4 is 11.1 Å². The average Bonchev–Trinajstić information content (AvgIpc) is 2.80. The van der Waals surface area contributed by atoms with E-state index < -0.39 is 16.0 Å². The van der Waals surface area contributed by atoms with Gasteiger partial charge in [-0.05, 0) is 18.7 Å². The van der Waals surface area contributed by atoms with Crippen LogP contribution in [0.5, 0.6) is 0 Å². The molecule has 2 rings (SSSR count). The number of aryl methyl sites for hydroxylation is 1. The number of nitrogens with one attached hydrogen (secondary N) is 1. The van der Waals surface area contributed by atoms with E-state index in [1.54, 1.807) is 0 Å². The molecule has 2 heterocycles. The van der Waals surface area contributed by atoms with Gasteiger partial charge in [0.2, 0.25) is 0 Å². The first kappa shape index (κ1) is 15.1. The topological polar surface area (TPSA) is 128 Å². The van der Waals surface area contributed by atoms with Gasteiger partial charge in [-0.3, -0.25) is 34.3 Å². The van der Waals surface area contributed by atoms with E-state index in [2.05, 4.69) is 10.1 Å². The van der Waals surface area contributed by atoms with Crippen LogP contribution in [0.15, 0.2) is 25.0 Å². The van der Waals surface area contributed by atoms with Crippen molar-refractivity contribution in [1.82, 2.24) is 14.8 Å². The van der Waals surface area contributed by atoms with Crippen molar-refractivity contribution in [2.45, 2.75) is 16.3 Å². The summed E-state index contributed by atoms with van der Waals surface area (Å²) in [6.45, 7) is 1.30. The molecule has 0 bridgehead atoms. The molecule has 0 amide bonds. The molecule has 0 unspecified atom stereocenters. The van der Waals surface area contributed by atoms with Gasteiger partial charge in [0.1, 0.15) is 4.21 Å². The molecule has 0 aromatic carbocycles. The van der Waals surface area contributed by atoms with Crippen LogP contribution in [0.25, 0.3) is 0 Å². The highest BCUT2D eigenvalue weighted by atomic mass is 32.2. The van der Waals surface area contributed by atoms with Crippen molar-refractivity contribution < 1.29 is 9.72 Å². The van der Waals surface area contributed by atoms with E-state index in [1.807, 2.05) is 0 Å². The molecule has 0 atom stereocenters. The number of Topliss-reactive ketones (excluding diaryl/α,β-unsaturated/α-hetero) is 1. The summed E-state index contributed by atoms with van der Waals surface area (Å²) in [5, 5.41) is 13.3. The fourth-order valence-corrected chi connectivity index (χ4v) is 3.50. The van der Waals surface area contributed by atoms with Crippen molar-refractivity contribution in [2.75, 3.05) is 0 Å². The maximum Gasteiger partial charge on any atom is 0.339 e. The SMILES string of the molecule is CC(=O)c1cc([N+](=O)[O-])c(Sc2nc(=O)c(=O)[nH]n2C)s1. The maximum absolute atomic E-state index is 11.3. The highest BCUT2D eigenvalue weighted by molar-refractivity contribution is 8.01. The van der Waals surface area contributed by atoms with Gasteiger partial charge in [-0.1, -0.05) is 0 Å². The van der Waals surface area contributed by atoms with Gasteiger partial charge in [-0.2, -0.15) is 4.98 Å². The van der Waals surface area contributed by atoms with Crippen molar-refractivity contribution in [3.05, 3.63) is 41.8 Å². The molecule has 2 aromatic heterocycles. The van der Waals surface area contributed by atoms with E-state index >= 15 is 0 Å². The summed E-state index contributed by atoms with van der Waals surface area (Å²) in [4.78, 5) is 47.8. The zero-order chi connectivity index (χ0) is 15.7. The number of ketones is 1. The smallest absolute Gasteiger partial charge is 0.294 e. The lowest BCUT2D eigenvalue weighted by Crippen LogP contribution is -2.33. The molecule has 0 saturated heterocycles. The lowest BCUT2D eigenvalue weighted by molar-refractivity contribution is -0.387. The average molecular weight is 328 g/mol. The third kappa shape index (κ3) is 3.08. The van der Waals surface area contributed by atoms with Crippen LogP contribution in [0.3, 0.4) is 0 Å². The van der Waals surface area contributed by atoms with Crippen LogP contribution in [-0.4, -0.2) is 25.5 Å². The predicted octanol–water partition coefficient (Wildman–Crippen LogP) is 0.792. The molecule has 0 spiro atoms. The predicted molar refractivity (Wildman–Crippen MR) is 75.2 cm³/mol. The Morgan fingerprint density at radius 2 is 2.19 bits per heavy atom. The van der Waals surface area contributed by atoms with E-state index in [4.69, 9.17) is 0 Å². The van der Waals surface area contributed by atoms with E-state index in [9.17, 15) is 24.5 Å². The number of hydrogen-bond donors (Lipinski definition) is 1. The van der Waals surface area contributed by atoms with E-state index in [0.29, 0.717) is 0 Å². The van der Waals surface area contributed by atoms with Crippen LogP contribution in [0.1, 0.15) is 16.6 Å². The molecule has 2 aromatic rings.